The molecule has 1 unspecified atom stereocenters. The molecule has 0 fully saturated rings. The third-order valence-electron chi connectivity index (χ3n) is 5.56. The fourth-order valence-electron chi connectivity index (χ4n) is 3.75. The average Bonchev–Trinajstić information content (AvgIpc) is 2.94. The van der Waals surface area contributed by atoms with E-state index in [1.54, 1.807) is 67.5 Å². The summed E-state index contributed by atoms with van der Waals surface area (Å²) < 4.78 is 24.2. The smallest absolute Gasteiger partial charge is 0.263 e. The number of amides is 2. The molecule has 0 spiro atoms. The van der Waals surface area contributed by atoms with Crippen molar-refractivity contribution in [3.05, 3.63) is 89.2 Å². The van der Waals surface area contributed by atoms with Crippen LogP contribution >= 0.6 is 0 Å². The maximum atomic E-state index is 13.2. The summed E-state index contributed by atoms with van der Waals surface area (Å²) in [6.07, 6.45) is -0.0305. The average molecular weight is 448 g/mol. The van der Waals surface area contributed by atoms with Gasteiger partial charge in [0.15, 0.2) is 6.10 Å². The Morgan fingerprint density at radius 1 is 1.15 bits per heavy atom. The van der Waals surface area contributed by atoms with Crippen molar-refractivity contribution in [2.75, 3.05) is 19.0 Å². The second-order valence-electron chi connectivity index (χ2n) is 7.90. The number of carbonyl (C=O) groups is 2. The molecule has 170 valence electrons. The highest BCUT2D eigenvalue weighted by molar-refractivity contribution is 6.04. The van der Waals surface area contributed by atoms with Crippen LogP contribution in [0.1, 0.15) is 28.4 Å². The number of hydrogen-bond donors (Lipinski definition) is 1. The van der Waals surface area contributed by atoms with Crippen LogP contribution in [-0.2, 0) is 17.8 Å². The summed E-state index contributed by atoms with van der Waals surface area (Å²) in [5.41, 5.74) is 2.83. The van der Waals surface area contributed by atoms with Crippen molar-refractivity contribution in [2.45, 2.75) is 26.0 Å². The van der Waals surface area contributed by atoms with Gasteiger partial charge in [-0.2, -0.15) is 0 Å². The zero-order valence-corrected chi connectivity index (χ0v) is 18.5. The van der Waals surface area contributed by atoms with Crippen LogP contribution in [0.5, 0.6) is 11.5 Å². The quantitative estimate of drug-likeness (QED) is 0.606. The molecule has 1 aliphatic rings. The van der Waals surface area contributed by atoms with Crippen LogP contribution in [0.25, 0.3) is 0 Å². The van der Waals surface area contributed by atoms with Crippen LogP contribution in [0.4, 0.5) is 10.1 Å². The van der Waals surface area contributed by atoms with Crippen LogP contribution in [0, 0.1) is 5.82 Å². The Kier molecular flexibility index (Phi) is 6.58. The van der Waals surface area contributed by atoms with E-state index in [1.165, 1.54) is 12.1 Å². The van der Waals surface area contributed by atoms with Crippen molar-refractivity contribution < 1.29 is 23.5 Å². The van der Waals surface area contributed by atoms with Crippen molar-refractivity contribution in [3.8, 4) is 11.5 Å². The van der Waals surface area contributed by atoms with Crippen LogP contribution in [-0.4, -0.2) is 36.5 Å². The summed E-state index contributed by atoms with van der Waals surface area (Å²) >= 11 is 0. The number of anilines is 1. The molecule has 0 aromatic heterocycles. The first-order chi connectivity index (χ1) is 15.9. The van der Waals surface area contributed by atoms with Crippen molar-refractivity contribution in [3.63, 3.8) is 0 Å². The molecule has 6 nitrogen and oxygen atoms in total. The summed E-state index contributed by atoms with van der Waals surface area (Å²) in [5, 5.41) is 2.89. The molecule has 7 heteroatoms. The lowest BCUT2D eigenvalue weighted by molar-refractivity contribution is -0.137. The van der Waals surface area contributed by atoms with Gasteiger partial charge in [-0.05, 0) is 67.4 Å². The van der Waals surface area contributed by atoms with Gasteiger partial charge in [0.1, 0.15) is 17.3 Å². The number of methoxy groups -OCH3 is 1. The first kappa shape index (κ1) is 22.3. The third-order valence-corrected chi connectivity index (χ3v) is 5.56. The van der Waals surface area contributed by atoms with E-state index in [4.69, 9.17) is 9.47 Å². The van der Waals surface area contributed by atoms with E-state index < -0.39 is 6.10 Å². The lowest BCUT2D eigenvalue weighted by Gasteiger charge is -2.22. The number of carbonyl (C=O) groups excluding carboxylic acids is 2. The van der Waals surface area contributed by atoms with Gasteiger partial charge in [-0.25, -0.2) is 4.39 Å². The Bertz CT molecular complexity index is 1160. The second-order valence-corrected chi connectivity index (χ2v) is 7.90. The summed E-state index contributed by atoms with van der Waals surface area (Å²) in [6, 6.07) is 18.5. The molecule has 1 heterocycles. The zero-order valence-electron chi connectivity index (χ0n) is 18.5. The molecule has 1 atom stereocenters. The van der Waals surface area contributed by atoms with Crippen LogP contribution < -0.4 is 14.8 Å². The van der Waals surface area contributed by atoms with Gasteiger partial charge in [-0.3, -0.25) is 9.59 Å². The normalized spacial score (nSPS) is 15.3. The van der Waals surface area contributed by atoms with Crippen molar-refractivity contribution in [2.24, 2.45) is 0 Å². The molecule has 0 saturated heterocycles. The van der Waals surface area contributed by atoms with E-state index in [0.29, 0.717) is 42.3 Å². The van der Waals surface area contributed by atoms with E-state index in [-0.39, 0.29) is 17.6 Å². The van der Waals surface area contributed by atoms with Crippen molar-refractivity contribution in [1.29, 1.82) is 0 Å². The summed E-state index contributed by atoms with van der Waals surface area (Å²) in [6.45, 7) is 2.54. The van der Waals surface area contributed by atoms with Crippen LogP contribution in [0.15, 0.2) is 66.7 Å². The molecule has 1 aliphatic heterocycles. The van der Waals surface area contributed by atoms with Crippen LogP contribution in [0.3, 0.4) is 0 Å². The highest BCUT2D eigenvalue weighted by Gasteiger charge is 2.28. The fourth-order valence-corrected chi connectivity index (χ4v) is 3.75. The van der Waals surface area contributed by atoms with Gasteiger partial charge in [-0.15, -0.1) is 0 Å². The van der Waals surface area contributed by atoms with E-state index in [0.717, 1.165) is 11.1 Å². The van der Waals surface area contributed by atoms with E-state index in [1.807, 2.05) is 6.07 Å². The van der Waals surface area contributed by atoms with Gasteiger partial charge in [0, 0.05) is 29.9 Å². The maximum Gasteiger partial charge on any atom is 0.263 e. The fraction of sp³-hybridized carbons (Fsp3) is 0.231. The minimum absolute atomic E-state index is 0.115. The predicted octanol–water partition coefficient (Wildman–Crippen LogP) is 4.44. The molecule has 33 heavy (non-hydrogen) atoms. The molecular weight excluding hydrogens is 423 g/mol. The highest BCUT2D eigenvalue weighted by atomic mass is 19.1. The van der Waals surface area contributed by atoms with Gasteiger partial charge in [0.05, 0.1) is 7.11 Å². The molecule has 4 rings (SSSR count). The largest absolute Gasteiger partial charge is 0.497 e. The molecule has 0 saturated carbocycles. The molecule has 0 radical (unpaired) electrons. The Morgan fingerprint density at radius 3 is 2.70 bits per heavy atom. The molecular formula is C26H25FN2O4. The molecule has 3 aromatic rings. The Hall–Kier alpha value is -3.87. The zero-order chi connectivity index (χ0) is 23.4. The topological polar surface area (TPSA) is 67.9 Å². The number of hydrogen-bond acceptors (Lipinski definition) is 4. The van der Waals surface area contributed by atoms with Gasteiger partial charge in [0.25, 0.3) is 11.8 Å². The predicted molar refractivity (Wildman–Crippen MR) is 123 cm³/mol. The number of halogens is 1. The SMILES string of the molecule is COc1cccc(C(=O)Nc2ccc3c(c2)CN(CCc2ccc(F)cc2)C(=O)C(C)O3)c1. The second kappa shape index (κ2) is 9.73. The summed E-state index contributed by atoms with van der Waals surface area (Å²) in [4.78, 5) is 27.3. The molecule has 1 N–H and O–H groups in total. The Labute approximate surface area is 191 Å². The van der Waals surface area contributed by atoms with Gasteiger partial charge in [0.2, 0.25) is 0 Å². The molecule has 0 bridgehead atoms. The van der Waals surface area contributed by atoms with Crippen molar-refractivity contribution in [1.82, 2.24) is 4.90 Å². The number of fused-ring (bicyclic) bond motifs is 1. The van der Waals surface area contributed by atoms with E-state index in [2.05, 4.69) is 5.32 Å². The number of benzene rings is 3. The summed E-state index contributed by atoms with van der Waals surface area (Å²) in [5.74, 6) is 0.544. The third kappa shape index (κ3) is 5.31. The molecule has 3 aromatic carbocycles. The first-order valence-corrected chi connectivity index (χ1v) is 10.7. The minimum Gasteiger partial charge on any atom is -0.497 e. The van der Waals surface area contributed by atoms with E-state index >= 15 is 0 Å². The first-order valence-electron chi connectivity index (χ1n) is 10.7. The highest BCUT2D eigenvalue weighted by Crippen LogP contribution is 2.29. The lowest BCUT2D eigenvalue weighted by Crippen LogP contribution is -2.39. The van der Waals surface area contributed by atoms with Crippen LogP contribution in [0.2, 0.25) is 0 Å². The number of nitrogens with zero attached hydrogens (tertiary/aromatic N) is 1. The van der Waals surface area contributed by atoms with Gasteiger partial charge >= 0.3 is 0 Å². The molecule has 2 amide bonds. The number of ether oxygens (including phenoxy) is 2. The maximum absolute atomic E-state index is 13.2. The summed E-state index contributed by atoms with van der Waals surface area (Å²) in [7, 11) is 1.55. The Morgan fingerprint density at radius 2 is 1.94 bits per heavy atom. The number of rotatable bonds is 6. The minimum atomic E-state index is -0.628. The Balaban J connectivity index is 1.50. The molecule has 0 aliphatic carbocycles. The standard InChI is InChI=1S/C26H25FN2O4/c1-17-26(31)29(13-12-18-6-8-21(27)9-7-18)16-20-14-22(10-11-24(20)33-17)28-25(30)19-4-3-5-23(15-19)32-2/h3-11,14-15,17H,12-13,16H2,1-2H3,(H,28,30). The number of nitrogens with one attached hydrogen (secondary N) is 1. The monoisotopic (exact) mass is 448 g/mol. The van der Waals surface area contributed by atoms with E-state index in [9.17, 15) is 14.0 Å². The van der Waals surface area contributed by atoms with Gasteiger partial charge in [-0.1, -0.05) is 18.2 Å². The van der Waals surface area contributed by atoms with Gasteiger partial charge < -0.3 is 19.7 Å². The lowest BCUT2D eigenvalue weighted by atomic mass is 10.1. The van der Waals surface area contributed by atoms with Crippen molar-refractivity contribution >= 4 is 17.5 Å².